The van der Waals surface area contributed by atoms with Gasteiger partial charge in [0.05, 0.1) is 5.69 Å². The number of phenols is 2. The van der Waals surface area contributed by atoms with Crippen molar-refractivity contribution in [1.29, 1.82) is 0 Å². The largest absolute Gasteiger partial charge is 0.508 e. The fraction of sp³-hybridized carbons (Fsp3) is 0. The summed E-state index contributed by atoms with van der Waals surface area (Å²) >= 11 is 5.43. The summed E-state index contributed by atoms with van der Waals surface area (Å²) in [6, 6.07) is 12.4. The molecule has 4 aromatic rings. The number of H-pyrrole nitrogens is 3. The van der Waals surface area contributed by atoms with Crippen LogP contribution in [0.2, 0.25) is 0 Å². The van der Waals surface area contributed by atoms with Crippen LogP contribution in [0.15, 0.2) is 48.7 Å². The molecular weight excluding hydrogens is 310 g/mol. The molecule has 0 spiro atoms. The van der Waals surface area contributed by atoms with Gasteiger partial charge in [-0.15, -0.1) is 0 Å². The first-order chi connectivity index (χ1) is 11.1. The predicted octanol–water partition coefficient (Wildman–Crippen LogP) is 4.30. The lowest BCUT2D eigenvalue weighted by Gasteiger charge is -2.07. The third-order valence-electron chi connectivity index (χ3n) is 3.89. The van der Waals surface area contributed by atoms with Gasteiger partial charge in [0.1, 0.15) is 16.1 Å². The molecule has 5 nitrogen and oxygen atoms in total. The smallest absolute Gasteiger partial charge is 0.128 e. The lowest BCUT2D eigenvalue weighted by Crippen LogP contribution is -1.85. The van der Waals surface area contributed by atoms with Crippen LogP contribution in [0.1, 0.15) is 0 Å². The third kappa shape index (κ3) is 2.11. The number of fused-ring (bicyclic) bond motifs is 1. The summed E-state index contributed by atoms with van der Waals surface area (Å²) in [6.45, 7) is 0. The molecule has 114 valence electrons. The fourth-order valence-electron chi connectivity index (χ4n) is 2.85. The molecule has 23 heavy (non-hydrogen) atoms. The highest BCUT2D eigenvalue weighted by molar-refractivity contribution is 7.71. The molecule has 0 radical (unpaired) electrons. The quantitative estimate of drug-likeness (QED) is 0.356. The van der Waals surface area contributed by atoms with E-state index in [1.54, 1.807) is 6.07 Å². The molecule has 0 bridgehead atoms. The number of benzene rings is 2. The number of hydrogen-bond donors (Lipinski definition) is 5. The van der Waals surface area contributed by atoms with Gasteiger partial charge in [0.15, 0.2) is 0 Å². The van der Waals surface area contributed by atoms with E-state index in [1.165, 1.54) is 12.1 Å². The van der Waals surface area contributed by atoms with Crippen molar-refractivity contribution in [2.24, 2.45) is 0 Å². The second kappa shape index (κ2) is 5.03. The van der Waals surface area contributed by atoms with Crippen molar-refractivity contribution in [2.45, 2.75) is 0 Å². The van der Waals surface area contributed by atoms with Gasteiger partial charge in [-0.1, -0.05) is 24.4 Å². The number of aromatic nitrogens is 3. The van der Waals surface area contributed by atoms with E-state index in [9.17, 15) is 10.2 Å². The maximum atomic E-state index is 10.2. The van der Waals surface area contributed by atoms with Gasteiger partial charge in [-0.25, -0.2) is 0 Å². The van der Waals surface area contributed by atoms with Crippen LogP contribution in [0.5, 0.6) is 11.5 Å². The molecule has 5 N–H and O–H groups in total. The monoisotopic (exact) mass is 323 g/mol. The van der Waals surface area contributed by atoms with Crippen LogP contribution in [-0.4, -0.2) is 25.4 Å². The van der Waals surface area contributed by atoms with Crippen molar-refractivity contribution in [2.75, 3.05) is 0 Å². The first-order valence-electron chi connectivity index (χ1n) is 7.04. The molecule has 2 aromatic carbocycles. The Morgan fingerprint density at radius 2 is 1.78 bits per heavy atom. The number of aromatic hydroxyl groups is 2. The summed E-state index contributed by atoms with van der Waals surface area (Å²) in [6.07, 6.45) is 1.88. The minimum Gasteiger partial charge on any atom is -0.508 e. The Morgan fingerprint density at radius 1 is 0.913 bits per heavy atom. The standard InChI is InChI=1S/C17H13N3O2S/c21-9-4-5-12(14(22)8-9)16-15(17(23)20-19-16)11-2-1-3-13-10(11)6-7-18-13/h1-8,18,21-22H,(H2,19,20,23). The predicted molar refractivity (Wildman–Crippen MR) is 92.0 cm³/mol. The molecule has 0 aliphatic carbocycles. The first kappa shape index (κ1) is 13.7. The van der Waals surface area contributed by atoms with Crippen molar-refractivity contribution in [3.05, 3.63) is 53.3 Å². The molecule has 4 rings (SSSR count). The first-order valence-corrected chi connectivity index (χ1v) is 7.45. The van der Waals surface area contributed by atoms with Gasteiger partial charge in [0, 0.05) is 34.3 Å². The average Bonchev–Trinajstić information content (AvgIpc) is 3.14. The van der Waals surface area contributed by atoms with Gasteiger partial charge in [-0.3, -0.25) is 10.2 Å². The van der Waals surface area contributed by atoms with Gasteiger partial charge < -0.3 is 15.2 Å². The molecule has 0 aliphatic heterocycles. The van der Waals surface area contributed by atoms with E-state index in [-0.39, 0.29) is 11.5 Å². The number of phenolic OH excluding ortho intramolecular Hbond substituents is 2. The molecule has 0 saturated carbocycles. The van der Waals surface area contributed by atoms with Crippen LogP contribution in [0.3, 0.4) is 0 Å². The van der Waals surface area contributed by atoms with Crippen LogP contribution in [0.25, 0.3) is 33.3 Å². The molecule has 0 aliphatic rings. The highest BCUT2D eigenvalue weighted by Crippen LogP contribution is 2.39. The summed E-state index contributed by atoms with van der Waals surface area (Å²) in [7, 11) is 0. The number of nitrogens with one attached hydrogen (secondary N) is 3. The van der Waals surface area contributed by atoms with Crippen molar-refractivity contribution >= 4 is 23.1 Å². The highest BCUT2D eigenvalue weighted by atomic mass is 32.1. The molecule has 0 fully saturated rings. The molecule has 2 aromatic heterocycles. The summed E-state index contributed by atoms with van der Waals surface area (Å²) in [5.74, 6) is -0.00703. The zero-order valence-corrected chi connectivity index (χ0v) is 12.7. The third-order valence-corrected chi connectivity index (χ3v) is 4.20. The Balaban J connectivity index is 2.03. The average molecular weight is 323 g/mol. The maximum absolute atomic E-state index is 10.2. The lowest BCUT2D eigenvalue weighted by molar-refractivity contribution is 0.452. The van der Waals surface area contributed by atoms with Gasteiger partial charge in [0.25, 0.3) is 0 Å². The number of hydrogen-bond acceptors (Lipinski definition) is 3. The lowest BCUT2D eigenvalue weighted by atomic mass is 9.98. The SMILES string of the molecule is Oc1ccc(-c2[nH][nH]c(=S)c2-c2cccc3[nH]ccc23)c(O)c1. The van der Waals surface area contributed by atoms with E-state index in [0.717, 1.165) is 22.0 Å². The van der Waals surface area contributed by atoms with Gasteiger partial charge >= 0.3 is 0 Å². The molecule has 0 atom stereocenters. The minimum atomic E-state index is -0.0160. The summed E-state index contributed by atoms with van der Waals surface area (Å²) in [5.41, 5.74) is 4.04. The molecule has 0 amide bonds. The Hall–Kier alpha value is -2.99. The van der Waals surface area contributed by atoms with E-state index < -0.39 is 0 Å². The van der Waals surface area contributed by atoms with Gasteiger partial charge in [0.2, 0.25) is 0 Å². The van der Waals surface area contributed by atoms with Crippen LogP contribution in [0.4, 0.5) is 0 Å². The Kier molecular flexibility index (Phi) is 2.99. The van der Waals surface area contributed by atoms with E-state index in [2.05, 4.69) is 15.2 Å². The number of rotatable bonds is 2. The molecular formula is C17H13N3O2S. The Labute approximate surface area is 136 Å². The zero-order chi connectivity index (χ0) is 16.0. The zero-order valence-electron chi connectivity index (χ0n) is 11.9. The molecule has 0 saturated heterocycles. The minimum absolute atomic E-state index is 0.00895. The van der Waals surface area contributed by atoms with E-state index in [0.29, 0.717) is 15.9 Å². The van der Waals surface area contributed by atoms with Crippen LogP contribution in [-0.2, 0) is 0 Å². The fourth-order valence-corrected chi connectivity index (χ4v) is 3.11. The summed E-state index contributed by atoms with van der Waals surface area (Å²) in [4.78, 5) is 3.18. The van der Waals surface area contributed by atoms with Crippen LogP contribution in [0, 0.1) is 4.64 Å². The maximum Gasteiger partial charge on any atom is 0.128 e. The van der Waals surface area contributed by atoms with E-state index in [1.807, 2.05) is 30.5 Å². The highest BCUT2D eigenvalue weighted by Gasteiger charge is 2.17. The topological polar surface area (TPSA) is 87.8 Å². The van der Waals surface area contributed by atoms with Crippen molar-refractivity contribution in [3.63, 3.8) is 0 Å². The second-order valence-corrected chi connectivity index (χ2v) is 5.68. The molecule has 2 heterocycles. The molecule has 0 unspecified atom stereocenters. The normalized spacial score (nSPS) is 11.1. The van der Waals surface area contributed by atoms with Gasteiger partial charge in [-0.2, -0.15) is 0 Å². The summed E-state index contributed by atoms with van der Waals surface area (Å²) in [5, 5.41) is 26.7. The summed E-state index contributed by atoms with van der Waals surface area (Å²) < 4.78 is 0.557. The van der Waals surface area contributed by atoms with E-state index in [4.69, 9.17) is 12.2 Å². The van der Waals surface area contributed by atoms with Crippen molar-refractivity contribution in [3.8, 4) is 33.9 Å². The molecule has 6 heteroatoms. The van der Waals surface area contributed by atoms with Gasteiger partial charge in [-0.05, 0) is 29.8 Å². The Bertz CT molecular complexity index is 1070. The van der Waals surface area contributed by atoms with E-state index >= 15 is 0 Å². The van der Waals surface area contributed by atoms with Crippen molar-refractivity contribution in [1.82, 2.24) is 15.2 Å². The number of aromatic amines is 3. The van der Waals surface area contributed by atoms with Crippen LogP contribution >= 0.6 is 12.2 Å². The van der Waals surface area contributed by atoms with Crippen molar-refractivity contribution < 1.29 is 10.2 Å². The van der Waals surface area contributed by atoms with Crippen LogP contribution < -0.4 is 0 Å². The second-order valence-electron chi connectivity index (χ2n) is 5.28. The Morgan fingerprint density at radius 3 is 2.61 bits per heavy atom.